The molecule has 0 saturated heterocycles. The van der Waals surface area contributed by atoms with Gasteiger partial charge in [-0.25, -0.2) is 4.39 Å². The first-order valence-corrected chi connectivity index (χ1v) is 5.84. The Balaban J connectivity index is 2.48. The quantitative estimate of drug-likeness (QED) is 0.829. The van der Waals surface area contributed by atoms with Crippen molar-refractivity contribution in [2.24, 2.45) is 0 Å². The van der Waals surface area contributed by atoms with Crippen molar-refractivity contribution < 1.29 is 9.13 Å². The summed E-state index contributed by atoms with van der Waals surface area (Å²) in [4.78, 5) is 0. The molecule has 1 aromatic carbocycles. The van der Waals surface area contributed by atoms with Crippen molar-refractivity contribution in [3.8, 4) is 0 Å². The molecule has 94 valence electrons. The van der Waals surface area contributed by atoms with Crippen LogP contribution in [0.15, 0.2) is 18.2 Å². The Bertz CT molecular complexity index is 403. The van der Waals surface area contributed by atoms with Crippen molar-refractivity contribution in [3.05, 3.63) is 29.0 Å². The van der Waals surface area contributed by atoms with Crippen molar-refractivity contribution in [2.45, 2.75) is 13.0 Å². The van der Waals surface area contributed by atoms with Crippen molar-refractivity contribution in [2.75, 3.05) is 19.0 Å². The van der Waals surface area contributed by atoms with Crippen LogP contribution in [0.2, 0.25) is 5.02 Å². The van der Waals surface area contributed by atoms with Crippen LogP contribution in [-0.4, -0.2) is 24.9 Å². The van der Waals surface area contributed by atoms with E-state index >= 15 is 0 Å². The first-order valence-electron chi connectivity index (χ1n) is 5.05. The highest BCUT2D eigenvalue weighted by Gasteiger charge is 2.04. The van der Waals surface area contributed by atoms with Crippen LogP contribution in [0, 0.1) is 5.82 Å². The van der Waals surface area contributed by atoms with Gasteiger partial charge in [-0.05, 0) is 37.3 Å². The van der Waals surface area contributed by atoms with Crippen molar-refractivity contribution >= 4 is 34.6 Å². The van der Waals surface area contributed by atoms with Gasteiger partial charge in [-0.2, -0.15) is 0 Å². The highest BCUT2D eigenvalue weighted by molar-refractivity contribution is 7.80. The zero-order valence-corrected chi connectivity index (χ0v) is 11.2. The summed E-state index contributed by atoms with van der Waals surface area (Å²) in [6, 6.07) is 4.32. The van der Waals surface area contributed by atoms with Gasteiger partial charge >= 0.3 is 0 Å². The van der Waals surface area contributed by atoms with Gasteiger partial charge in [-0.3, -0.25) is 0 Å². The molecule has 0 saturated carbocycles. The third kappa shape index (κ3) is 4.85. The van der Waals surface area contributed by atoms with Crippen molar-refractivity contribution in [1.29, 1.82) is 0 Å². The molecule has 1 unspecified atom stereocenters. The van der Waals surface area contributed by atoms with Gasteiger partial charge in [0.05, 0.1) is 11.1 Å². The minimum absolute atomic E-state index is 0.0584. The van der Waals surface area contributed by atoms with E-state index in [-0.39, 0.29) is 11.1 Å². The molecule has 1 aromatic rings. The van der Waals surface area contributed by atoms with E-state index in [4.69, 9.17) is 28.6 Å². The first kappa shape index (κ1) is 14.2. The lowest BCUT2D eigenvalue weighted by Gasteiger charge is -2.14. The molecule has 6 heteroatoms. The molecule has 0 aliphatic carbocycles. The number of rotatable bonds is 4. The van der Waals surface area contributed by atoms with Gasteiger partial charge in [0.1, 0.15) is 5.82 Å². The van der Waals surface area contributed by atoms with E-state index in [9.17, 15) is 4.39 Å². The predicted octanol–water partition coefficient (Wildman–Crippen LogP) is 2.80. The van der Waals surface area contributed by atoms with Crippen molar-refractivity contribution in [3.63, 3.8) is 0 Å². The fourth-order valence-corrected chi connectivity index (χ4v) is 1.45. The van der Waals surface area contributed by atoms with E-state index in [1.165, 1.54) is 12.1 Å². The molecule has 0 amide bonds. The van der Waals surface area contributed by atoms with Gasteiger partial charge in [0.25, 0.3) is 0 Å². The Hall–Kier alpha value is -0.910. The Morgan fingerprint density at radius 1 is 1.59 bits per heavy atom. The average Bonchev–Trinajstić information content (AvgIpc) is 2.31. The molecule has 0 fully saturated rings. The maximum absolute atomic E-state index is 12.9. The Labute approximate surface area is 110 Å². The second-order valence-corrected chi connectivity index (χ2v) is 4.33. The Morgan fingerprint density at radius 2 is 2.29 bits per heavy atom. The lowest BCUT2D eigenvalue weighted by molar-refractivity contribution is 0.121. The number of hydrogen-bond donors (Lipinski definition) is 2. The van der Waals surface area contributed by atoms with Gasteiger partial charge < -0.3 is 15.4 Å². The molecule has 2 N–H and O–H groups in total. The standard InChI is InChI=1S/C11H14ClFN2OS/c1-7(16-2)6-14-11(17)15-8-3-4-10(13)9(12)5-8/h3-5,7H,6H2,1-2H3,(H2,14,15,17). The van der Waals surface area contributed by atoms with Crippen LogP contribution in [0.5, 0.6) is 0 Å². The average molecular weight is 277 g/mol. The van der Waals surface area contributed by atoms with Gasteiger partial charge in [0, 0.05) is 19.3 Å². The SMILES string of the molecule is COC(C)CNC(=S)Nc1ccc(F)c(Cl)c1. The number of anilines is 1. The minimum atomic E-state index is -0.455. The zero-order valence-electron chi connectivity index (χ0n) is 9.59. The highest BCUT2D eigenvalue weighted by Crippen LogP contribution is 2.19. The number of benzene rings is 1. The van der Waals surface area contributed by atoms with E-state index in [0.717, 1.165) is 0 Å². The topological polar surface area (TPSA) is 33.3 Å². The Kier molecular flexibility index (Phi) is 5.61. The molecule has 0 heterocycles. The molecule has 0 aromatic heterocycles. The number of thiocarbonyl (C=S) groups is 1. The molecular formula is C11H14ClFN2OS. The van der Waals surface area contributed by atoms with Crippen LogP contribution in [0.1, 0.15) is 6.92 Å². The second-order valence-electron chi connectivity index (χ2n) is 3.51. The summed E-state index contributed by atoms with van der Waals surface area (Å²) >= 11 is 10.7. The molecule has 1 rings (SSSR count). The smallest absolute Gasteiger partial charge is 0.170 e. The van der Waals surface area contributed by atoms with E-state index < -0.39 is 5.82 Å². The fourth-order valence-electron chi connectivity index (χ4n) is 1.07. The molecule has 0 aliphatic heterocycles. The summed E-state index contributed by atoms with van der Waals surface area (Å²) in [5, 5.41) is 6.38. The highest BCUT2D eigenvalue weighted by atomic mass is 35.5. The van der Waals surface area contributed by atoms with Crippen LogP contribution >= 0.6 is 23.8 Å². The zero-order chi connectivity index (χ0) is 12.8. The third-order valence-electron chi connectivity index (χ3n) is 2.13. The van der Waals surface area contributed by atoms with Crippen LogP contribution in [-0.2, 0) is 4.74 Å². The van der Waals surface area contributed by atoms with E-state index in [1.807, 2.05) is 6.92 Å². The lowest BCUT2D eigenvalue weighted by atomic mass is 10.3. The number of nitrogens with one attached hydrogen (secondary N) is 2. The summed E-state index contributed by atoms with van der Waals surface area (Å²) in [7, 11) is 1.63. The molecular weight excluding hydrogens is 263 g/mol. The maximum Gasteiger partial charge on any atom is 0.170 e. The monoisotopic (exact) mass is 276 g/mol. The molecule has 3 nitrogen and oxygen atoms in total. The number of methoxy groups -OCH3 is 1. The maximum atomic E-state index is 12.9. The van der Waals surface area contributed by atoms with Gasteiger partial charge in [-0.1, -0.05) is 11.6 Å². The molecule has 17 heavy (non-hydrogen) atoms. The largest absolute Gasteiger partial charge is 0.380 e. The summed E-state index contributed by atoms with van der Waals surface area (Å²) in [5.74, 6) is -0.455. The van der Waals surface area contributed by atoms with E-state index in [2.05, 4.69) is 10.6 Å². The predicted molar refractivity (Wildman–Crippen MR) is 72.1 cm³/mol. The van der Waals surface area contributed by atoms with Crippen LogP contribution in [0.4, 0.5) is 10.1 Å². The first-order chi connectivity index (χ1) is 8.02. The van der Waals surface area contributed by atoms with Gasteiger partial charge in [0.2, 0.25) is 0 Å². The lowest BCUT2D eigenvalue weighted by Crippen LogP contribution is -2.34. The van der Waals surface area contributed by atoms with E-state index in [0.29, 0.717) is 17.3 Å². The molecule has 1 atom stereocenters. The molecule has 0 spiro atoms. The van der Waals surface area contributed by atoms with Crippen LogP contribution in [0.25, 0.3) is 0 Å². The van der Waals surface area contributed by atoms with Gasteiger partial charge in [-0.15, -0.1) is 0 Å². The Morgan fingerprint density at radius 3 is 2.88 bits per heavy atom. The number of halogens is 2. The summed E-state index contributed by atoms with van der Waals surface area (Å²) in [5.41, 5.74) is 0.638. The van der Waals surface area contributed by atoms with E-state index in [1.54, 1.807) is 13.2 Å². The summed E-state index contributed by atoms with van der Waals surface area (Å²) < 4.78 is 18.0. The summed E-state index contributed by atoms with van der Waals surface area (Å²) in [6.07, 6.45) is 0.0616. The van der Waals surface area contributed by atoms with Crippen LogP contribution in [0.3, 0.4) is 0 Å². The molecule has 0 bridgehead atoms. The van der Waals surface area contributed by atoms with Crippen LogP contribution < -0.4 is 10.6 Å². The van der Waals surface area contributed by atoms with Crippen molar-refractivity contribution in [1.82, 2.24) is 5.32 Å². The summed E-state index contributed by atoms with van der Waals surface area (Å²) in [6.45, 7) is 2.52. The number of ether oxygens (including phenoxy) is 1. The van der Waals surface area contributed by atoms with Gasteiger partial charge in [0.15, 0.2) is 5.11 Å². The number of hydrogen-bond acceptors (Lipinski definition) is 2. The third-order valence-corrected chi connectivity index (χ3v) is 2.67. The molecule has 0 radical (unpaired) electrons. The molecule has 0 aliphatic rings. The minimum Gasteiger partial charge on any atom is -0.380 e. The normalized spacial score (nSPS) is 12.0. The fraction of sp³-hybridized carbons (Fsp3) is 0.364. The second kappa shape index (κ2) is 6.74.